The van der Waals surface area contributed by atoms with E-state index in [2.05, 4.69) is 49.9 Å². The van der Waals surface area contributed by atoms with Crippen molar-refractivity contribution in [2.45, 2.75) is 52.6 Å². The quantitative estimate of drug-likeness (QED) is 0.827. The van der Waals surface area contributed by atoms with Crippen LogP contribution in [0.3, 0.4) is 0 Å². The van der Waals surface area contributed by atoms with Crippen LogP contribution in [0.2, 0.25) is 0 Å². The van der Waals surface area contributed by atoms with Crippen molar-refractivity contribution in [1.29, 1.82) is 0 Å². The second-order valence-electron chi connectivity index (χ2n) is 5.21. The molecule has 0 saturated heterocycles. The van der Waals surface area contributed by atoms with Crippen molar-refractivity contribution in [2.75, 3.05) is 0 Å². The smallest absolute Gasteiger partial charge is 0.130 e. The summed E-state index contributed by atoms with van der Waals surface area (Å²) in [5.41, 5.74) is 1.27. The Kier molecular flexibility index (Phi) is 3.80. The van der Waals surface area contributed by atoms with Gasteiger partial charge in [0.25, 0.3) is 0 Å². The lowest BCUT2D eigenvalue weighted by molar-refractivity contribution is 0.423. The minimum atomic E-state index is 0.136. The molecule has 0 aliphatic rings. The average Bonchev–Trinajstić information content (AvgIpc) is 2.14. The lowest BCUT2D eigenvalue weighted by atomic mass is 10.1. The van der Waals surface area contributed by atoms with E-state index in [0.29, 0.717) is 5.92 Å². The topological polar surface area (TPSA) is 37.8 Å². The second-order valence-corrected chi connectivity index (χ2v) is 5.21. The third kappa shape index (κ3) is 4.38. The Balaban J connectivity index is 2.57. The summed E-state index contributed by atoms with van der Waals surface area (Å²) in [6, 6.07) is 0. The van der Waals surface area contributed by atoms with Crippen molar-refractivity contribution in [3.63, 3.8) is 0 Å². The first-order valence-corrected chi connectivity index (χ1v) is 5.44. The first-order chi connectivity index (χ1) is 6.88. The van der Waals surface area contributed by atoms with Gasteiger partial charge in [-0.1, -0.05) is 13.8 Å². The fraction of sp³-hybridized carbons (Fsp3) is 0.667. The molecule has 0 fully saturated rings. The molecule has 0 saturated carbocycles. The molecule has 0 aliphatic heterocycles. The minimum Gasteiger partial charge on any atom is -0.308 e. The summed E-state index contributed by atoms with van der Waals surface area (Å²) in [6.45, 7) is 11.5. The van der Waals surface area contributed by atoms with Gasteiger partial charge in [0.15, 0.2) is 0 Å². The first-order valence-electron chi connectivity index (χ1n) is 5.44. The van der Waals surface area contributed by atoms with Gasteiger partial charge in [-0.3, -0.25) is 0 Å². The Bertz CT molecular complexity index is 296. The van der Waals surface area contributed by atoms with Crippen molar-refractivity contribution in [1.82, 2.24) is 15.3 Å². The molecular formula is C12H21N3. The van der Waals surface area contributed by atoms with Crippen molar-refractivity contribution < 1.29 is 0 Å². The molecule has 0 unspecified atom stereocenters. The molecule has 3 heteroatoms. The van der Waals surface area contributed by atoms with Crippen LogP contribution in [0.5, 0.6) is 0 Å². The highest BCUT2D eigenvalue weighted by atomic mass is 15.0. The van der Waals surface area contributed by atoms with E-state index in [4.69, 9.17) is 0 Å². The summed E-state index contributed by atoms with van der Waals surface area (Å²) in [5, 5.41) is 3.41. The lowest BCUT2D eigenvalue weighted by Gasteiger charge is -2.20. The standard InChI is InChI=1S/C12H21N3/c1-9(2)11-13-6-10(7-14-11)8-15-12(3,4)5/h6-7,9,15H,8H2,1-5H3. The van der Waals surface area contributed by atoms with Crippen LogP contribution in [0.25, 0.3) is 0 Å². The lowest BCUT2D eigenvalue weighted by Crippen LogP contribution is -2.35. The second kappa shape index (κ2) is 4.71. The van der Waals surface area contributed by atoms with Gasteiger partial charge in [0.05, 0.1) is 0 Å². The Morgan fingerprint density at radius 3 is 2.13 bits per heavy atom. The molecule has 0 amide bonds. The summed E-state index contributed by atoms with van der Waals surface area (Å²) in [5.74, 6) is 1.31. The van der Waals surface area contributed by atoms with Crippen molar-refractivity contribution >= 4 is 0 Å². The normalized spacial score (nSPS) is 12.1. The molecule has 1 heterocycles. The third-order valence-corrected chi connectivity index (χ3v) is 2.06. The molecule has 15 heavy (non-hydrogen) atoms. The molecule has 0 atom stereocenters. The zero-order valence-corrected chi connectivity index (χ0v) is 10.3. The molecule has 84 valence electrons. The van der Waals surface area contributed by atoms with Crippen molar-refractivity contribution in [3.8, 4) is 0 Å². The Labute approximate surface area is 92.3 Å². The van der Waals surface area contributed by atoms with Crippen LogP contribution in [0.4, 0.5) is 0 Å². The zero-order chi connectivity index (χ0) is 11.5. The summed E-state index contributed by atoms with van der Waals surface area (Å²) in [4.78, 5) is 8.66. The molecule has 1 rings (SSSR count). The highest BCUT2D eigenvalue weighted by molar-refractivity contribution is 5.06. The van der Waals surface area contributed by atoms with Gasteiger partial charge in [-0.05, 0) is 20.8 Å². The number of nitrogens with zero attached hydrogens (tertiary/aromatic N) is 2. The van der Waals surface area contributed by atoms with Gasteiger partial charge in [0, 0.05) is 36.0 Å². The van der Waals surface area contributed by atoms with E-state index < -0.39 is 0 Å². The highest BCUT2D eigenvalue weighted by Crippen LogP contribution is 2.08. The largest absolute Gasteiger partial charge is 0.308 e. The number of rotatable bonds is 3. The average molecular weight is 207 g/mol. The van der Waals surface area contributed by atoms with E-state index in [1.807, 2.05) is 12.4 Å². The van der Waals surface area contributed by atoms with Crippen LogP contribution >= 0.6 is 0 Å². The molecule has 0 aliphatic carbocycles. The van der Waals surface area contributed by atoms with Crippen LogP contribution in [0, 0.1) is 0 Å². The molecule has 1 aromatic heterocycles. The Hall–Kier alpha value is -0.960. The fourth-order valence-electron chi connectivity index (χ4n) is 1.12. The Morgan fingerprint density at radius 2 is 1.73 bits per heavy atom. The van der Waals surface area contributed by atoms with Gasteiger partial charge in [0.2, 0.25) is 0 Å². The Morgan fingerprint density at radius 1 is 1.20 bits per heavy atom. The molecule has 1 N–H and O–H groups in total. The van der Waals surface area contributed by atoms with Crippen LogP contribution < -0.4 is 5.32 Å². The van der Waals surface area contributed by atoms with Gasteiger partial charge >= 0.3 is 0 Å². The predicted octanol–water partition coefficient (Wildman–Crippen LogP) is 2.49. The summed E-state index contributed by atoms with van der Waals surface area (Å²) >= 11 is 0. The van der Waals surface area contributed by atoms with Gasteiger partial charge in [-0.25, -0.2) is 9.97 Å². The van der Waals surface area contributed by atoms with E-state index in [1.54, 1.807) is 0 Å². The maximum Gasteiger partial charge on any atom is 0.130 e. The minimum absolute atomic E-state index is 0.136. The van der Waals surface area contributed by atoms with Gasteiger partial charge in [-0.2, -0.15) is 0 Å². The SMILES string of the molecule is CC(C)c1ncc(CNC(C)(C)C)cn1. The molecule has 3 nitrogen and oxygen atoms in total. The van der Waals surface area contributed by atoms with Gasteiger partial charge in [-0.15, -0.1) is 0 Å². The molecule has 0 radical (unpaired) electrons. The van der Waals surface area contributed by atoms with Crippen LogP contribution in [0.1, 0.15) is 51.9 Å². The number of hydrogen-bond donors (Lipinski definition) is 1. The van der Waals surface area contributed by atoms with Crippen LogP contribution in [-0.2, 0) is 6.54 Å². The van der Waals surface area contributed by atoms with E-state index in [0.717, 1.165) is 17.9 Å². The van der Waals surface area contributed by atoms with Crippen molar-refractivity contribution in [3.05, 3.63) is 23.8 Å². The maximum atomic E-state index is 4.33. The van der Waals surface area contributed by atoms with Gasteiger partial charge in [0.1, 0.15) is 5.82 Å². The molecule has 0 spiro atoms. The molecular weight excluding hydrogens is 186 g/mol. The van der Waals surface area contributed by atoms with Crippen LogP contribution in [-0.4, -0.2) is 15.5 Å². The summed E-state index contributed by atoms with van der Waals surface area (Å²) in [6.07, 6.45) is 3.81. The molecule has 1 aromatic rings. The molecule has 0 bridgehead atoms. The predicted molar refractivity (Wildman–Crippen MR) is 62.7 cm³/mol. The highest BCUT2D eigenvalue weighted by Gasteiger charge is 2.09. The first kappa shape index (κ1) is 12.1. The third-order valence-electron chi connectivity index (χ3n) is 2.06. The maximum absolute atomic E-state index is 4.33. The van der Waals surface area contributed by atoms with E-state index >= 15 is 0 Å². The summed E-state index contributed by atoms with van der Waals surface area (Å²) in [7, 11) is 0. The number of aromatic nitrogens is 2. The van der Waals surface area contributed by atoms with Gasteiger partial charge < -0.3 is 5.32 Å². The van der Waals surface area contributed by atoms with Crippen LogP contribution in [0.15, 0.2) is 12.4 Å². The monoisotopic (exact) mass is 207 g/mol. The van der Waals surface area contributed by atoms with E-state index in [-0.39, 0.29) is 5.54 Å². The van der Waals surface area contributed by atoms with E-state index in [1.165, 1.54) is 0 Å². The number of hydrogen-bond acceptors (Lipinski definition) is 3. The fourth-order valence-corrected chi connectivity index (χ4v) is 1.12. The molecule has 0 aromatic carbocycles. The van der Waals surface area contributed by atoms with E-state index in [9.17, 15) is 0 Å². The van der Waals surface area contributed by atoms with Crippen molar-refractivity contribution in [2.24, 2.45) is 0 Å². The number of nitrogens with one attached hydrogen (secondary N) is 1. The summed E-state index contributed by atoms with van der Waals surface area (Å²) < 4.78 is 0. The zero-order valence-electron chi connectivity index (χ0n) is 10.3.